The molecular weight excluding hydrogens is 427 g/mol. The average molecular weight is 453 g/mol. The van der Waals surface area contributed by atoms with Gasteiger partial charge in [-0.25, -0.2) is 9.37 Å². The van der Waals surface area contributed by atoms with Gasteiger partial charge in [0.2, 0.25) is 0 Å². The number of nitrogens with zero attached hydrogens (tertiary/aromatic N) is 2. The fourth-order valence-electron chi connectivity index (χ4n) is 3.44. The molecule has 0 saturated heterocycles. The fraction of sp³-hybridized carbons (Fsp3) is 0.240. The molecule has 0 fully saturated rings. The number of rotatable bonds is 7. The molecule has 6 heteroatoms. The lowest BCUT2D eigenvalue weighted by molar-refractivity contribution is 0.0904. The lowest BCUT2D eigenvalue weighted by atomic mass is 10.0. The number of hydrogen-bond donors (Lipinski definition) is 0. The van der Waals surface area contributed by atoms with Gasteiger partial charge in [-0.3, -0.25) is 0 Å². The molecule has 160 valence electrons. The van der Waals surface area contributed by atoms with E-state index in [-0.39, 0.29) is 5.82 Å². The molecule has 0 spiro atoms. The predicted molar refractivity (Wildman–Crippen MR) is 130 cm³/mol. The van der Waals surface area contributed by atoms with E-state index in [1.54, 1.807) is 10.6 Å². The summed E-state index contributed by atoms with van der Waals surface area (Å²) in [4.78, 5) is 4.57. The van der Waals surface area contributed by atoms with Crippen LogP contribution in [0.25, 0.3) is 33.4 Å². The second-order valence-corrected chi connectivity index (χ2v) is 14.9. The number of benzene rings is 2. The molecule has 0 saturated carbocycles. The van der Waals surface area contributed by atoms with Crippen LogP contribution in [0.5, 0.6) is 0 Å². The normalized spacial score (nSPS) is 11.9. The molecular formula is C25H26ClFN2OSi. The Hall–Kier alpha value is -2.47. The highest BCUT2D eigenvalue weighted by atomic mass is 35.5. The second kappa shape index (κ2) is 8.95. The zero-order valence-corrected chi connectivity index (χ0v) is 19.8. The molecule has 0 amide bonds. The van der Waals surface area contributed by atoms with Gasteiger partial charge < -0.3 is 9.30 Å². The molecule has 2 aromatic carbocycles. The molecule has 2 heterocycles. The van der Waals surface area contributed by atoms with Crippen molar-refractivity contribution in [1.29, 1.82) is 0 Å². The molecule has 0 atom stereocenters. The molecule has 0 aliphatic rings. The van der Waals surface area contributed by atoms with Crippen molar-refractivity contribution < 1.29 is 9.13 Å². The third-order valence-corrected chi connectivity index (χ3v) is 7.29. The quantitative estimate of drug-likeness (QED) is 0.214. The van der Waals surface area contributed by atoms with Crippen molar-refractivity contribution in [2.75, 3.05) is 6.61 Å². The number of halogens is 2. The summed E-state index contributed by atoms with van der Waals surface area (Å²) in [5.41, 5.74) is 4.55. The molecule has 0 radical (unpaired) electrons. The van der Waals surface area contributed by atoms with Crippen LogP contribution in [0.3, 0.4) is 0 Å². The molecule has 2 aromatic heterocycles. The summed E-state index contributed by atoms with van der Waals surface area (Å²) in [5, 5.41) is 0.492. The van der Waals surface area contributed by atoms with Crippen LogP contribution >= 0.6 is 11.6 Å². The van der Waals surface area contributed by atoms with E-state index in [4.69, 9.17) is 16.3 Å². The number of pyridine rings is 1. The third kappa shape index (κ3) is 5.06. The van der Waals surface area contributed by atoms with Crippen molar-refractivity contribution in [2.45, 2.75) is 32.4 Å². The van der Waals surface area contributed by atoms with Crippen LogP contribution in [0.2, 0.25) is 30.8 Å². The Labute approximate surface area is 188 Å². The SMILES string of the molecule is C[Si](C)(C)CCOCn1c(Cl)cc2nc(-c3ccc(-c4ccccc4)cc3)c(F)cc21. The van der Waals surface area contributed by atoms with E-state index in [9.17, 15) is 0 Å². The van der Waals surface area contributed by atoms with Crippen molar-refractivity contribution in [3.63, 3.8) is 0 Å². The van der Waals surface area contributed by atoms with Crippen molar-refractivity contribution >= 4 is 30.7 Å². The molecule has 0 aliphatic heterocycles. The summed E-state index contributed by atoms with van der Waals surface area (Å²) in [6.45, 7) is 7.89. The molecule has 0 bridgehead atoms. The van der Waals surface area contributed by atoms with E-state index >= 15 is 4.39 Å². The summed E-state index contributed by atoms with van der Waals surface area (Å²) >= 11 is 6.40. The zero-order chi connectivity index (χ0) is 22.0. The van der Waals surface area contributed by atoms with Crippen molar-refractivity contribution in [3.8, 4) is 22.4 Å². The molecule has 0 N–H and O–H groups in total. The summed E-state index contributed by atoms with van der Waals surface area (Å²) < 4.78 is 22.6. The minimum absolute atomic E-state index is 0.291. The van der Waals surface area contributed by atoms with E-state index in [0.29, 0.717) is 35.2 Å². The van der Waals surface area contributed by atoms with Gasteiger partial charge >= 0.3 is 0 Å². The second-order valence-electron chi connectivity index (χ2n) is 8.91. The first-order chi connectivity index (χ1) is 14.8. The van der Waals surface area contributed by atoms with Gasteiger partial charge in [0.25, 0.3) is 0 Å². The fourth-order valence-corrected chi connectivity index (χ4v) is 4.44. The van der Waals surface area contributed by atoms with E-state index in [0.717, 1.165) is 22.7 Å². The maximum atomic E-state index is 15.0. The average Bonchev–Trinajstić information content (AvgIpc) is 3.05. The number of hydrogen-bond acceptors (Lipinski definition) is 2. The highest BCUT2D eigenvalue weighted by Crippen LogP contribution is 2.30. The van der Waals surface area contributed by atoms with E-state index in [1.165, 1.54) is 6.07 Å². The molecule has 0 unspecified atom stereocenters. The maximum absolute atomic E-state index is 15.0. The summed E-state index contributed by atoms with van der Waals surface area (Å²) in [5.74, 6) is -0.377. The highest BCUT2D eigenvalue weighted by molar-refractivity contribution is 6.76. The maximum Gasteiger partial charge on any atom is 0.151 e. The van der Waals surface area contributed by atoms with Crippen molar-refractivity contribution in [1.82, 2.24) is 9.55 Å². The minimum Gasteiger partial charge on any atom is -0.361 e. The Morgan fingerprint density at radius 1 is 0.935 bits per heavy atom. The predicted octanol–water partition coefficient (Wildman–Crippen LogP) is 7.48. The van der Waals surface area contributed by atoms with Gasteiger partial charge in [-0.15, -0.1) is 0 Å². The van der Waals surface area contributed by atoms with Gasteiger partial charge in [0.15, 0.2) is 5.82 Å². The number of ether oxygens (including phenoxy) is 1. The van der Waals surface area contributed by atoms with E-state index in [2.05, 4.69) is 36.8 Å². The lowest BCUT2D eigenvalue weighted by Crippen LogP contribution is -2.22. The number of fused-ring (bicyclic) bond motifs is 1. The molecule has 4 rings (SSSR count). The Kier molecular flexibility index (Phi) is 6.28. The summed E-state index contributed by atoms with van der Waals surface area (Å²) in [6.07, 6.45) is 0. The minimum atomic E-state index is -1.17. The van der Waals surface area contributed by atoms with Crippen LogP contribution in [0, 0.1) is 5.82 Å². The molecule has 3 nitrogen and oxygen atoms in total. The van der Waals surface area contributed by atoms with E-state index in [1.807, 2.05) is 42.5 Å². The Bertz CT molecular complexity index is 1180. The lowest BCUT2D eigenvalue weighted by Gasteiger charge is -2.16. The van der Waals surface area contributed by atoms with Gasteiger partial charge in [0.05, 0.1) is 11.0 Å². The molecule has 31 heavy (non-hydrogen) atoms. The molecule has 0 aliphatic carbocycles. The zero-order valence-electron chi connectivity index (χ0n) is 18.0. The first kappa shape index (κ1) is 21.7. The van der Waals surface area contributed by atoms with Crippen LogP contribution in [-0.2, 0) is 11.5 Å². The van der Waals surface area contributed by atoms with E-state index < -0.39 is 8.07 Å². The van der Waals surface area contributed by atoms with Crippen LogP contribution in [0.1, 0.15) is 0 Å². The summed E-state index contributed by atoms with van der Waals surface area (Å²) in [7, 11) is -1.17. The highest BCUT2D eigenvalue weighted by Gasteiger charge is 2.16. The van der Waals surface area contributed by atoms with Crippen LogP contribution in [0.4, 0.5) is 4.39 Å². The Morgan fingerprint density at radius 2 is 1.58 bits per heavy atom. The van der Waals surface area contributed by atoms with Gasteiger partial charge in [-0.1, -0.05) is 85.8 Å². The van der Waals surface area contributed by atoms with Crippen LogP contribution in [0.15, 0.2) is 66.7 Å². The topological polar surface area (TPSA) is 27.1 Å². The van der Waals surface area contributed by atoms with Crippen LogP contribution in [-0.4, -0.2) is 24.2 Å². The van der Waals surface area contributed by atoms with Gasteiger partial charge in [0.1, 0.15) is 17.6 Å². The largest absolute Gasteiger partial charge is 0.361 e. The van der Waals surface area contributed by atoms with Gasteiger partial charge in [-0.05, 0) is 17.2 Å². The first-order valence-electron chi connectivity index (χ1n) is 10.4. The number of aromatic nitrogens is 2. The third-order valence-electron chi connectivity index (χ3n) is 5.27. The van der Waals surface area contributed by atoms with Crippen molar-refractivity contribution in [2.24, 2.45) is 0 Å². The van der Waals surface area contributed by atoms with Gasteiger partial charge in [-0.2, -0.15) is 0 Å². The standard InChI is InChI=1S/C25H26ClFN2OSi/c1-31(2,3)14-13-30-17-29-23-15-21(27)25(28-22(23)16-24(29)26)20-11-9-19(10-12-20)18-7-5-4-6-8-18/h4-12,15-16H,13-14,17H2,1-3H3. The summed E-state index contributed by atoms with van der Waals surface area (Å²) in [6, 6.07) is 22.2. The Balaban J connectivity index is 1.58. The first-order valence-corrected chi connectivity index (χ1v) is 14.5. The van der Waals surface area contributed by atoms with Crippen molar-refractivity contribution in [3.05, 3.63) is 77.7 Å². The molecule has 4 aromatic rings. The van der Waals surface area contributed by atoms with Crippen LogP contribution < -0.4 is 0 Å². The Morgan fingerprint density at radius 3 is 2.26 bits per heavy atom. The monoisotopic (exact) mass is 452 g/mol. The smallest absolute Gasteiger partial charge is 0.151 e. The van der Waals surface area contributed by atoms with Gasteiger partial charge in [0, 0.05) is 32.4 Å².